The van der Waals surface area contributed by atoms with E-state index in [0.717, 1.165) is 6.07 Å². The molecule has 10 aromatic rings. The molecule has 9 nitrogen and oxygen atoms in total. The summed E-state index contributed by atoms with van der Waals surface area (Å²) in [5, 5.41) is 13.7. The molecular formula is C49H31F6N9. The number of alkyl halides is 6. The summed E-state index contributed by atoms with van der Waals surface area (Å²) in [6.45, 7) is 6.99. The molecule has 0 aliphatic rings. The standard InChI is InChI=1S/C49H31F6N9/c1-25-57-26(2)60-46(59-25)29-16-18-41-34(20-29)32-10-5-7-14-39(32)63(41)43-23-36(45-37(48(50,51)52)12-9-13-38(45)49(53,54)55)44(22-31(43)24-56)64-40-15-8-6-11-33(40)35-21-30(17-19-42(35)64)47-61-27(3)58-28(4)62-47/h5-23H,1-4H3. The average Bonchev–Trinajstić information content (AvgIpc) is 3.76. The topological polar surface area (TPSA) is 111 Å². The van der Waals surface area contributed by atoms with Crippen LogP contribution in [-0.4, -0.2) is 39.0 Å². The smallest absolute Gasteiger partial charge is 0.309 e. The number of nitrogens with zero attached hydrogens (tertiary/aromatic N) is 9. The zero-order chi connectivity index (χ0) is 44.8. The van der Waals surface area contributed by atoms with Crippen molar-refractivity contribution < 1.29 is 26.3 Å². The van der Waals surface area contributed by atoms with Gasteiger partial charge in [0.15, 0.2) is 11.6 Å². The molecule has 4 aromatic heterocycles. The van der Waals surface area contributed by atoms with Crippen LogP contribution in [0.2, 0.25) is 0 Å². The number of halogens is 6. The maximum absolute atomic E-state index is 15.2. The lowest BCUT2D eigenvalue weighted by Gasteiger charge is -2.24. The third-order valence-corrected chi connectivity index (χ3v) is 11.2. The van der Waals surface area contributed by atoms with E-state index in [9.17, 15) is 5.26 Å². The molecule has 0 bridgehead atoms. The Kier molecular flexibility index (Phi) is 9.12. The second-order valence-corrected chi connectivity index (χ2v) is 15.4. The van der Waals surface area contributed by atoms with Gasteiger partial charge in [0.25, 0.3) is 0 Å². The van der Waals surface area contributed by atoms with Crippen molar-refractivity contribution in [2.45, 2.75) is 40.0 Å². The summed E-state index contributed by atoms with van der Waals surface area (Å²) in [6.07, 6.45) is -10.4. The monoisotopic (exact) mass is 859 g/mol. The molecule has 4 heterocycles. The van der Waals surface area contributed by atoms with Gasteiger partial charge >= 0.3 is 12.4 Å². The van der Waals surface area contributed by atoms with Crippen molar-refractivity contribution in [3.05, 3.63) is 155 Å². The maximum Gasteiger partial charge on any atom is 0.417 e. The Morgan fingerprint density at radius 3 is 1.31 bits per heavy atom. The van der Waals surface area contributed by atoms with E-state index in [0.29, 0.717) is 102 Å². The summed E-state index contributed by atoms with van der Waals surface area (Å²) in [7, 11) is 0. The van der Waals surface area contributed by atoms with E-state index in [-0.39, 0.29) is 16.9 Å². The van der Waals surface area contributed by atoms with Gasteiger partial charge in [-0.1, -0.05) is 42.5 Å². The molecule has 15 heteroatoms. The number of rotatable bonds is 5. The summed E-state index contributed by atoms with van der Waals surface area (Å²) in [5.74, 6) is 2.86. The van der Waals surface area contributed by atoms with E-state index in [1.54, 1.807) is 91.4 Å². The Morgan fingerprint density at radius 2 is 0.875 bits per heavy atom. The lowest BCUT2D eigenvalue weighted by atomic mass is 9.90. The summed E-state index contributed by atoms with van der Waals surface area (Å²) >= 11 is 0. The fourth-order valence-electron chi connectivity index (χ4n) is 8.78. The first kappa shape index (κ1) is 40.1. The highest BCUT2D eigenvalue weighted by atomic mass is 19.4. The second kappa shape index (κ2) is 14.6. The molecule has 0 spiro atoms. The first-order chi connectivity index (χ1) is 30.6. The van der Waals surface area contributed by atoms with Crippen LogP contribution in [0, 0.1) is 39.0 Å². The Morgan fingerprint density at radius 1 is 0.453 bits per heavy atom. The molecule has 0 radical (unpaired) electrons. The molecule has 0 atom stereocenters. The molecule has 10 rings (SSSR count). The fourth-order valence-corrected chi connectivity index (χ4v) is 8.78. The lowest BCUT2D eigenvalue weighted by Crippen LogP contribution is -2.15. The zero-order valence-corrected chi connectivity index (χ0v) is 34.3. The van der Waals surface area contributed by atoms with Crippen molar-refractivity contribution in [1.82, 2.24) is 39.0 Å². The van der Waals surface area contributed by atoms with Gasteiger partial charge in [-0.05, 0) is 100 Å². The second-order valence-electron chi connectivity index (χ2n) is 15.4. The number of para-hydroxylation sites is 2. The molecule has 6 aromatic carbocycles. The number of aryl methyl sites for hydroxylation is 4. The minimum atomic E-state index is -5.21. The zero-order valence-electron chi connectivity index (χ0n) is 34.3. The Hall–Kier alpha value is -7.99. The molecular weight excluding hydrogens is 829 g/mol. The third kappa shape index (κ3) is 6.57. The van der Waals surface area contributed by atoms with E-state index in [4.69, 9.17) is 0 Å². The number of hydrogen-bond acceptors (Lipinski definition) is 7. The Labute approximate surface area is 360 Å². The number of aromatic nitrogens is 8. The fraction of sp³-hybridized carbons (Fsp3) is 0.122. The van der Waals surface area contributed by atoms with Crippen LogP contribution in [0.4, 0.5) is 26.3 Å². The molecule has 314 valence electrons. The predicted octanol–water partition coefficient (Wildman–Crippen LogP) is 12.4. The number of benzene rings is 6. The summed E-state index contributed by atoms with van der Waals surface area (Å²) in [5.41, 5.74) is -1.16. The van der Waals surface area contributed by atoms with Gasteiger partial charge in [0.2, 0.25) is 0 Å². The molecule has 0 aliphatic heterocycles. The van der Waals surface area contributed by atoms with Crippen molar-refractivity contribution in [3.8, 4) is 51.3 Å². The first-order valence-electron chi connectivity index (χ1n) is 19.9. The van der Waals surface area contributed by atoms with Gasteiger partial charge < -0.3 is 9.13 Å². The van der Waals surface area contributed by atoms with Crippen LogP contribution in [0.5, 0.6) is 0 Å². The summed E-state index contributed by atoms with van der Waals surface area (Å²) in [6, 6.07) is 32.0. The highest BCUT2D eigenvalue weighted by Crippen LogP contribution is 2.49. The van der Waals surface area contributed by atoms with Gasteiger partial charge in [0, 0.05) is 43.8 Å². The van der Waals surface area contributed by atoms with Gasteiger partial charge in [-0.3, -0.25) is 0 Å². The van der Waals surface area contributed by atoms with Crippen molar-refractivity contribution in [3.63, 3.8) is 0 Å². The van der Waals surface area contributed by atoms with Crippen molar-refractivity contribution >= 4 is 43.6 Å². The first-order valence-corrected chi connectivity index (χ1v) is 19.9. The minimum absolute atomic E-state index is 0.00840. The summed E-state index contributed by atoms with van der Waals surface area (Å²) in [4.78, 5) is 26.6. The molecule has 64 heavy (non-hydrogen) atoms. The van der Waals surface area contributed by atoms with E-state index in [1.165, 1.54) is 12.1 Å². The van der Waals surface area contributed by atoms with E-state index in [2.05, 4.69) is 36.0 Å². The molecule has 0 amide bonds. The minimum Gasteiger partial charge on any atom is -0.309 e. The van der Waals surface area contributed by atoms with Gasteiger partial charge in [0.05, 0.1) is 50.1 Å². The third-order valence-electron chi connectivity index (χ3n) is 11.2. The number of fused-ring (bicyclic) bond motifs is 6. The Balaban J connectivity index is 1.33. The van der Waals surface area contributed by atoms with Crippen molar-refractivity contribution in [1.29, 1.82) is 5.26 Å². The molecule has 0 saturated carbocycles. The van der Waals surface area contributed by atoms with Crippen LogP contribution in [0.25, 0.3) is 88.9 Å². The number of hydrogen-bond donors (Lipinski definition) is 0. The highest BCUT2D eigenvalue weighted by Gasteiger charge is 2.42. The molecule has 0 N–H and O–H groups in total. The molecule has 0 unspecified atom stereocenters. The van der Waals surface area contributed by atoms with Gasteiger partial charge in [0.1, 0.15) is 29.4 Å². The number of nitriles is 1. The van der Waals surface area contributed by atoms with E-state index >= 15 is 26.3 Å². The normalized spacial score (nSPS) is 12.2. The van der Waals surface area contributed by atoms with Crippen LogP contribution in [-0.2, 0) is 12.4 Å². The SMILES string of the molecule is Cc1nc(C)nc(-c2ccc3c(c2)c2ccccc2n3-c2cc(-c3c(C(F)(F)F)cccc3C(F)(F)F)c(-n3c4ccccc4c4cc(-c5nc(C)nc(C)n5)ccc43)cc2C#N)n1. The van der Waals surface area contributed by atoms with Crippen LogP contribution >= 0.6 is 0 Å². The van der Waals surface area contributed by atoms with Crippen LogP contribution in [0.1, 0.15) is 40.0 Å². The van der Waals surface area contributed by atoms with Crippen molar-refractivity contribution in [2.24, 2.45) is 0 Å². The van der Waals surface area contributed by atoms with Gasteiger partial charge in [-0.25, -0.2) is 29.9 Å². The molecule has 0 aliphatic carbocycles. The largest absolute Gasteiger partial charge is 0.417 e. The lowest BCUT2D eigenvalue weighted by molar-refractivity contribution is -0.142. The summed E-state index contributed by atoms with van der Waals surface area (Å²) < 4.78 is 94.8. The molecule has 0 fully saturated rings. The van der Waals surface area contributed by atoms with Gasteiger partial charge in [-0.2, -0.15) is 31.6 Å². The predicted molar refractivity (Wildman–Crippen MR) is 232 cm³/mol. The van der Waals surface area contributed by atoms with Crippen LogP contribution in [0.15, 0.2) is 115 Å². The van der Waals surface area contributed by atoms with Crippen molar-refractivity contribution in [2.75, 3.05) is 0 Å². The highest BCUT2D eigenvalue weighted by molar-refractivity contribution is 6.12. The molecule has 0 saturated heterocycles. The quantitative estimate of drug-likeness (QED) is 0.158. The Bertz CT molecular complexity index is 3540. The van der Waals surface area contributed by atoms with Gasteiger partial charge in [-0.15, -0.1) is 0 Å². The average molecular weight is 860 g/mol. The maximum atomic E-state index is 15.2. The van der Waals surface area contributed by atoms with Crippen LogP contribution < -0.4 is 0 Å². The van der Waals surface area contributed by atoms with E-state index in [1.807, 2.05) is 30.3 Å². The van der Waals surface area contributed by atoms with Crippen LogP contribution in [0.3, 0.4) is 0 Å². The van der Waals surface area contributed by atoms with E-state index < -0.39 is 34.6 Å².